The van der Waals surface area contributed by atoms with E-state index in [1.807, 2.05) is 37.1 Å². The molecule has 0 N–H and O–H groups in total. The van der Waals surface area contributed by atoms with Gasteiger partial charge in [-0.2, -0.15) is 4.31 Å². The van der Waals surface area contributed by atoms with E-state index in [9.17, 15) is 13.5 Å². The van der Waals surface area contributed by atoms with Gasteiger partial charge in [0.25, 0.3) is 6.20 Å². The van der Waals surface area contributed by atoms with Crippen molar-refractivity contribution in [3.8, 4) is 5.95 Å². The van der Waals surface area contributed by atoms with Crippen LogP contribution >= 0.6 is 0 Å². The van der Waals surface area contributed by atoms with Gasteiger partial charge in [0.05, 0.1) is 12.3 Å². The SMILES string of the molecule is CC1(C)CN(S(=O)(=O)Cc2ccccc2)CCN1[n+]1cc([O-])on1. The van der Waals surface area contributed by atoms with Crippen molar-refractivity contribution < 1.29 is 22.8 Å². The van der Waals surface area contributed by atoms with E-state index < -0.39 is 21.5 Å². The summed E-state index contributed by atoms with van der Waals surface area (Å²) in [5.74, 6) is -0.559. The van der Waals surface area contributed by atoms with Crippen LogP contribution in [0, 0.1) is 0 Å². The second-order valence-electron chi connectivity index (χ2n) is 6.45. The number of sulfonamides is 1. The van der Waals surface area contributed by atoms with Gasteiger partial charge in [-0.3, -0.25) is 0 Å². The standard InChI is InChI=1S/C15H20N4O4S/c1-15(2)12-17(8-9-18(15)19-10-14(20)23-16-19)24(21,22)11-13-6-4-3-5-7-13/h3-7,10H,8-9,11-12H2,1-2H3. The number of hydrogen-bond donors (Lipinski definition) is 0. The first-order valence-electron chi connectivity index (χ1n) is 7.63. The minimum atomic E-state index is -3.42. The number of piperazine rings is 1. The molecule has 1 saturated heterocycles. The average Bonchev–Trinajstić information content (AvgIpc) is 2.93. The van der Waals surface area contributed by atoms with Crippen LogP contribution in [-0.4, -0.2) is 43.2 Å². The van der Waals surface area contributed by atoms with Crippen molar-refractivity contribution in [1.82, 2.24) is 9.58 Å². The normalized spacial score (nSPS) is 18.7. The van der Waals surface area contributed by atoms with E-state index in [2.05, 4.69) is 9.79 Å². The van der Waals surface area contributed by atoms with E-state index in [-0.39, 0.29) is 5.75 Å². The minimum absolute atomic E-state index is 0.0221. The van der Waals surface area contributed by atoms with E-state index in [0.717, 1.165) is 5.56 Å². The number of benzene rings is 1. The zero-order valence-corrected chi connectivity index (χ0v) is 14.4. The highest BCUT2D eigenvalue weighted by Gasteiger charge is 2.43. The van der Waals surface area contributed by atoms with Gasteiger partial charge in [0.15, 0.2) is 5.95 Å². The molecular weight excluding hydrogens is 332 g/mol. The first kappa shape index (κ1) is 16.7. The second kappa shape index (κ2) is 6.06. The Morgan fingerprint density at radius 3 is 2.58 bits per heavy atom. The smallest absolute Gasteiger partial charge is 0.255 e. The summed E-state index contributed by atoms with van der Waals surface area (Å²) in [7, 11) is -3.42. The first-order chi connectivity index (χ1) is 11.3. The molecule has 1 aromatic carbocycles. The Labute approximate surface area is 140 Å². The van der Waals surface area contributed by atoms with E-state index in [0.29, 0.717) is 19.6 Å². The first-order valence-corrected chi connectivity index (χ1v) is 9.24. The Morgan fingerprint density at radius 1 is 1.29 bits per heavy atom. The monoisotopic (exact) mass is 352 g/mol. The molecule has 1 aliphatic heterocycles. The van der Waals surface area contributed by atoms with Crippen molar-refractivity contribution in [3.63, 3.8) is 0 Å². The van der Waals surface area contributed by atoms with Gasteiger partial charge in [0, 0.05) is 17.9 Å². The molecule has 24 heavy (non-hydrogen) atoms. The van der Waals surface area contributed by atoms with Gasteiger partial charge in [-0.25, -0.2) is 8.42 Å². The maximum absolute atomic E-state index is 12.7. The summed E-state index contributed by atoms with van der Waals surface area (Å²) in [5, 5.41) is 16.7. The molecule has 0 spiro atoms. The van der Waals surface area contributed by atoms with Crippen molar-refractivity contribution in [2.45, 2.75) is 25.1 Å². The highest BCUT2D eigenvalue weighted by atomic mass is 32.2. The van der Waals surface area contributed by atoms with Gasteiger partial charge in [0.2, 0.25) is 10.0 Å². The molecular formula is C15H20N4O4S. The van der Waals surface area contributed by atoms with Crippen molar-refractivity contribution in [1.29, 1.82) is 0 Å². The predicted molar refractivity (Wildman–Crippen MR) is 83.9 cm³/mol. The zero-order valence-electron chi connectivity index (χ0n) is 13.6. The van der Waals surface area contributed by atoms with Crippen LogP contribution in [0.5, 0.6) is 5.95 Å². The van der Waals surface area contributed by atoms with Crippen LogP contribution in [0.4, 0.5) is 0 Å². The Hall–Kier alpha value is -2.13. The average molecular weight is 352 g/mol. The molecule has 0 radical (unpaired) electrons. The third-order valence-corrected chi connectivity index (χ3v) is 5.89. The van der Waals surface area contributed by atoms with E-state index in [1.165, 1.54) is 15.3 Å². The lowest BCUT2D eigenvalue weighted by molar-refractivity contribution is -0.766. The molecule has 0 saturated carbocycles. The summed E-state index contributed by atoms with van der Waals surface area (Å²) < 4.78 is 31.5. The highest BCUT2D eigenvalue weighted by molar-refractivity contribution is 7.88. The molecule has 3 rings (SSSR count). The van der Waals surface area contributed by atoms with Crippen LogP contribution in [0.3, 0.4) is 0 Å². The lowest BCUT2D eigenvalue weighted by Gasteiger charge is -2.41. The lowest BCUT2D eigenvalue weighted by atomic mass is 10.0. The third kappa shape index (κ3) is 3.36. The van der Waals surface area contributed by atoms with Gasteiger partial charge in [0.1, 0.15) is 10.8 Å². The van der Waals surface area contributed by atoms with Gasteiger partial charge in [-0.15, -0.1) is 5.01 Å². The molecule has 2 heterocycles. The van der Waals surface area contributed by atoms with Crippen LogP contribution in [0.15, 0.2) is 41.1 Å². The number of aromatic nitrogens is 2. The summed E-state index contributed by atoms with van der Waals surface area (Å²) in [6.07, 6.45) is 1.25. The Balaban J connectivity index is 1.76. The number of nitrogens with zero attached hydrogens (tertiary/aromatic N) is 4. The quantitative estimate of drug-likeness (QED) is 0.695. The summed E-state index contributed by atoms with van der Waals surface area (Å²) in [4.78, 5) is 1.35. The molecule has 0 atom stereocenters. The summed E-state index contributed by atoms with van der Waals surface area (Å²) >= 11 is 0. The lowest BCUT2D eigenvalue weighted by Crippen LogP contribution is -2.74. The van der Waals surface area contributed by atoms with Gasteiger partial charge >= 0.3 is 0 Å². The van der Waals surface area contributed by atoms with Gasteiger partial charge < -0.3 is 9.63 Å². The molecule has 1 fully saturated rings. The second-order valence-corrected chi connectivity index (χ2v) is 8.42. The molecule has 8 nitrogen and oxygen atoms in total. The number of hydrogen-bond acceptors (Lipinski definition) is 6. The fourth-order valence-corrected chi connectivity index (χ4v) is 4.60. The van der Waals surface area contributed by atoms with Crippen LogP contribution in [0.25, 0.3) is 0 Å². The molecule has 130 valence electrons. The Kier molecular flexibility index (Phi) is 4.22. The number of rotatable bonds is 4. The highest BCUT2D eigenvalue weighted by Crippen LogP contribution is 2.21. The zero-order chi connectivity index (χ0) is 17.4. The van der Waals surface area contributed by atoms with Crippen molar-refractivity contribution >= 4 is 10.0 Å². The van der Waals surface area contributed by atoms with Crippen molar-refractivity contribution in [3.05, 3.63) is 42.1 Å². The van der Waals surface area contributed by atoms with Crippen LogP contribution in [0.2, 0.25) is 0 Å². The summed E-state index contributed by atoms with van der Waals surface area (Å²) in [6, 6.07) is 9.13. The maximum atomic E-state index is 12.7. The molecule has 0 unspecified atom stereocenters. The van der Waals surface area contributed by atoms with E-state index in [4.69, 9.17) is 0 Å². The van der Waals surface area contributed by atoms with Crippen LogP contribution < -0.4 is 14.9 Å². The summed E-state index contributed by atoms with van der Waals surface area (Å²) in [5.41, 5.74) is 0.232. The largest absolute Gasteiger partial charge is 0.539 e. The molecule has 0 bridgehead atoms. The van der Waals surface area contributed by atoms with E-state index >= 15 is 0 Å². The molecule has 0 aliphatic carbocycles. The minimum Gasteiger partial charge on any atom is -0.539 e. The molecule has 2 aromatic rings. The molecule has 0 amide bonds. The molecule has 1 aliphatic rings. The van der Waals surface area contributed by atoms with E-state index in [1.54, 1.807) is 12.1 Å². The maximum Gasteiger partial charge on any atom is 0.255 e. The van der Waals surface area contributed by atoms with Gasteiger partial charge in [-0.1, -0.05) is 30.3 Å². The van der Waals surface area contributed by atoms with Crippen molar-refractivity contribution in [2.24, 2.45) is 0 Å². The topological polar surface area (TPSA) is 93.6 Å². The van der Waals surface area contributed by atoms with Crippen LogP contribution in [-0.2, 0) is 15.8 Å². The fourth-order valence-electron chi connectivity index (χ4n) is 2.93. The van der Waals surface area contributed by atoms with Crippen LogP contribution in [0.1, 0.15) is 19.4 Å². The molecule has 1 aromatic heterocycles. The molecule has 9 heteroatoms. The van der Waals surface area contributed by atoms with Gasteiger partial charge in [-0.05, 0) is 19.4 Å². The fraction of sp³-hybridized carbons (Fsp3) is 0.467. The Bertz CT molecular complexity index is 804. The van der Waals surface area contributed by atoms with Crippen molar-refractivity contribution in [2.75, 3.05) is 24.6 Å². The summed E-state index contributed by atoms with van der Waals surface area (Å²) in [6.45, 7) is 4.85. The Morgan fingerprint density at radius 2 is 2.00 bits per heavy atom. The predicted octanol–water partition coefficient (Wildman–Crippen LogP) is -0.402. The third-order valence-electron chi connectivity index (χ3n) is 4.09.